The predicted octanol–water partition coefficient (Wildman–Crippen LogP) is 3.36. The van der Waals surface area contributed by atoms with Gasteiger partial charge in [-0.05, 0) is 41.8 Å². The molecule has 2 aromatic rings. The fourth-order valence-electron chi connectivity index (χ4n) is 2.09. The van der Waals surface area contributed by atoms with Crippen LogP contribution >= 0.6 is 8.25 Å². The standard InChI is InChI=1S/C16H18O2.HO3P/c1-11-10-13(6-9-15(11)18)16(2,3)12-4-7-14(17)8-5-12;1-4(2)3/h4-10,17-18H,1-3H3;(H-,1,2,3)/p+1. The van der Waals surface area contributed by atoms with Crippen molar-refractivity contribution in [2.75, 3.05) is 0 Å². The number of hydrogen-bond donors (Lipinski definition) is 4. The maximum absolute atomic E-state index is 9.58. The largest absolute Gasteiger partial charge is 0.692 e. The molecule has 2 rings (SSSR count). The van der Waals surface area contributed by atoms with Crippen molar-refractivity contribution in [3.8, 4) is 11.5 Å². The molecular weight excluding hydrogens is 303 g/mol. The third kappa shape index (κ3) is 4.81. The van der Waals surface area contributed by atoms with Gasteiger partial charge in [0.25, 0.3) is 0 Å². The molecule has 0 atom stereocenters. The fourth-order valence-corrected chi connectivity index (χ4v) is 2.09. The molecule has 0 aliphatic rings. The highest BCUT2D eigenvalue weighted by Gasteiger charge is 2.23. The molecule has 0 heterocycles. The Morgan fingerprint density at radius 3 is 1.82 bits per heavy atom. The highest BCUT2D eigenvalue weighted by molar-refractivity contribution is 7.30. The van der Waals surface area contributed by atoms with Crippen LogP contribution in [0.1, 0.15) is 30.5 Å². The predicted molar refractivity (Wildman–Crippen MR) is 85.1 cm³/mol. The molecule has 118 valence electrons. The second kappa shape index (κ2) is 7.36. The van der Waals surface area contributed by atoms with Crippen LogP contribution in [0.15, 0.2) is 42.5 Å². The SMILES string of the molecule is Cc1cc(C(C)(C)c2ccc(O)cc2)ccc1O.O=[P+](O)O. The van der Waals surface area contributed by atoms with E-state index in [0.29, 0.717) is 5.75 Å². The molecule has 6 heteroatoms. The van der Waals surface area contributed by atoms with E-state index >= 15 is 0 Å². The molecule has 4 N–H and O–H groups in total. The average molecular weight is 323 g/mol. The summed E-state index contributed by atoms with van der Waals surface area (Å²) in [7, 11) is -2.87. The van der Waals surface area contributed by atoms with Gasteiger partial charge >= 0.3 is 8.25 Å². The van der Waals surface area contributed by atoms with Gasteiger partial charge in [-0.1, -0.05) is 38.1 Å². The molecule has 22 heavy (non-hydrogen) atoms. The number of phenolic OH excluding ortho intramolecular Hbond substituents is 2. The lowest BCUT2D eigenvalue weighted by molar-refractivity contribution is 0.405. The van der Waals surface area contributed by atoms with Gasteiger partial charge in [0.05, 0.1) is 0 Å². The summed E-state index contributed by atoms with van der Waals surface area (Å²) >= 11 is 0. The van der Waals surface area contributed by atoms with Crippen LogP contribution in [0.25, 0.3) is 0 Å². The minimum Gasteiger partial charge on any atom is -0.508 e. The second-order valence-electron chi connectivity index (χ2n) is 5.43. The Bertz CT molecular complexity index is 646. The summed E-state index contributed by atoms with van der Waals surface area (Å²) in [5.41, 5.74) is 2.99. The summed E-state index contributed by atoms with van der Waals surface area (Å²) in [5, 5.41) is 18.9. The van der Waals surface area contributed by atoms with Gasteiger partial charge in [0.1, 0.15) is 11.5 Å². The number of phenols is 2. The smallest absolute Gasteiger partial charge is 0.508 e. The van der Waals surface area contributed by atoms with E-state index in [2.05, 4.69) is 13.8 Å². The van der Waals surface area contributed by atoms with Crippen LogP contribution in [0.2, 0.25) is 0 Å². The third-order valence-corrected chi connectivity index (χ3v) is 3.51. The van der Waals surface area contributed by atoms with Crippen molar-refractivity contribution in [1.82, 2.24) is 0 Å². The molecule has 0 radical (unpaired) electrons. The molecule has 0 bridgehead atoms. The topological polar surface area (TPSA) is 98.0 Å². The third-order valence-electron chi connectivity index (χ3n) is 3.51. The van der Waals surface area contributed by atoms with Crippen molar-refractivity contribution in [3.63, 3.8) is 0 Å². The summed E-state index contributed by atoms with van der Waals surface area (Å²) in [4.78, 5) is 14.2. The highest BCUT2D eigenvalue weighted by atomic mass is 31.1. The van der Waals surface area contributed by atoms with E-state index in [0.717, 1.165) is 16.7 Å². The minimum absolute atomic E-state index is 0.161. The maximum atomic E-state index is 9.58. The van der Waals surface area contributed by atoms with Crippen LogP contribution < -0.4 is 0 Å². The molecule has 0 aliphatic carbocycles. The summed E-state index contributed by atoms with van der Waals surface area (Å²) in [6.07, 6.45) is 0. The number of benzene rings is 2. The van der Waals surface area contributed by atoms with E-state index in [1.807, 2.05) is 31.2 Å². The lowest BCUT2D eigenvalue weighted by atomic mass is 9.77. The first kappa shape index (κ1) is 18.1. The molecule has 0 fully saturated rings. The van der Waals surface area contributed by atoms with Gasteiger partial charge in [-0.3, -0.25) is 0 Å². The number of hydrogen-bond acceptors (Lipinski definition) is 3. The first-order valence-electron chi connectivity index (χ1n) is 6.59. The van der Waals surface area contributed by atoms with Crippen molar-refractivity contribution >= 4 is 8.25 Å². The summed E-state index contributed by atoms with van der Waals surface area (Å²) in [6.45, 7) is 6.15. The maximum Gasteiger partial charge on any atom is 0.692 e. The summed E-state index contributed by atoms with van der Waals surface area (Å²) < 4.78 is 8.70. The Morgan fingerprint density at radius 1 is 0.909 bits per heavy atom. The molecule has 0 aliphatic heterocycles. The Labute approximate surface area is 130 Å². The van der Waals surface area contributed by atoms with Crippen LogP contribution in [0.4, 0.5) is 0 Å². The molecular formula is C16H20O5P+. The summed E-state index contributed by atoms with van der Waals surface area (Å²) in [5.74, 6) is 0.594. The van der Waals surface area contributed by atoms with Gasteiger partial charge in [-0.15, -0.1) is 9.79 Å². The van der Waals surface area contributed by atoms with Crippen LogP contribution in [0.5, 0.6) is 11.5 Å². The quantitative estimate of drug-likeness (QED) is 0.635. The van der Waals surface area contributed by atoms with Crippen LogP contribution in [-0.2, 0) is 9.98 Å². The zero-order valence-electron chi connectivity index (χ0n) is 12.7. The second-order valence-corrected chi connectivity index (χ2v) is 5.93. The minimum atomic E-state index is -2.87. The first-order chi connectivity index (χ1) is 10.1. The monoisotopic (exact) mass is 323 g/mol. The van der Waals surface area contributed by atoms with E-state index in [1.54, 1.807) is 18.2 Å². The zero-order valence-corrected chi connectivity index (χ0v) is 13.6. The van der Waals surface area contributed by atoms with Crippen LogP contribution in [0.3, 0.4) is 0 Å². The molecule has 0 saturated carbocycles. The van der Waals surface area contributed by atoms with Gasteiger partial charge in [0, 0.05) is 9.98 Å². The average Bonchev–Trinajstić information content (AvgIpc) is 2.41. The first-order valence-corrected chi connectivity index (χ1v) is 7.75. The number of aryl methyl sites for hydroxylation is 1. The van der Waals surface area contributed by atoms with E-state index in [4.69, 9.17) is 14.4 Å². The van der Waals surface area contributed by atoms with Gasteiger partial charge < -0.3 is 10.2 Å². The lowest BCUT2D eigenvalue weighted by Gasteiger charge is -2.26. The van der Waals surface area contributed by atoms with Crippen molar-refractivity contribution in [1.29, 1.82) is 0 Å². The molecule has 0 amide bonds. The van der Waals surface area contributed by atoms with Gasteiger partial charge in [0.15, 0.2) is 0 Å². The van der Waals surface area contributed by atoms with E-state index < -0.39 is 8.25 Å². The van der Waals surface area contributed by atoms with Crippen molar-refractivity contribution < 1.29 is 24.6 Å². The van der Waals surface area contributed by atoms with Crippen molar-refractivity contribution in [3.05, 3.63) is 59.2 Å². The van der Waals surface area contributed by atoms with Crippen molar-refractivity contribution in [2.24, 2.45) is 0 Å². The molecule has 0 saturated heterocycles. The Hall–Kier alpha value is -1.94. The van der Waals surface area contributed by atoms with E-state index in [-0.39, 0.29) is 11.2 Å². The lowest BCUT2D eigenvalue weighted by Crippen LogP contribution is -2.18. The molecule has 5 nitrogen and oxygen atoms in total. The highest BCUT2D eigenvalue weighted by Crippen LogP contribution is 2.34. The van der Waals surface area contributed by atoms with E-state index in [1.165, 1.54) is 0 Å². The van der Waals surface area contributed by atoms with Gasteiger partial charge in [0.2, 0.25) is 0 Å². The number of rotatable bonds is 2. The Kier molecular flexibility index (Phi) is 6.06. The Balaban J connectivity index is 0.000000541. The van der Waals surface area contributed by atoms with E-state index in [9.17, 15) is 10.2 Å². The van der Waals surface area contributed by atoms with Crippen LogP contribution in [0, 0.1) is 6.92 Å². The normalized spacial score (nSPS) is 10.6. The van der Waals surface area contributed by atoms with Gasteiger partial charge in [-0.2, -0.15) is 0 Å². The molecule has 2 aromatic carbocycles. The molecule has 0 aromatic heterocycles. The van der Waals surface area contributed by atoms with Crippen molar-refractivity contribution in [2.45, 2.75) is 26.2 Å². The number of aromatic hydroxyl groups is 2. The molecule has 0 unspecified atom stereocenters. The zero-order chi connectivity index (χ0) is 16.9. The van der Waals surface area contributed by atoms with Crippen LogP contribution in [-0.4, -0.2) is 20.0 Å². The fraction of sp³-hybridized carbons (Fsp3) is 0.250. The molecule has 0 spiro atoms. The summed E-state index contributed by atoms with van der Waals surface area (Å²) in [6, 6.07) is 12.9. The Morgan fingerprint density at radius 2 is 1.36 bits per heavy atom. The van der Waals surface area contributed by atoms with Gasteiger partial charge in [-0.25, -0.2) is 0 Å².